The van der Waals surface area contributed by atoms with Crippen LogP contribution in [0.4, 0.5) is 11.8 Å². The normalized spacial score (nSPS) is 14.4. The molecule has 0 bridgehead atoms. The molecule has 5 nitrogen and oxygen atoms in total. The van der Waals surface area contributed by atoms with E-state index in [0.717, 1.165) is 12.2 Å². The van der Waals surface area contributed by atoms with E-state index in [1.165, 1.54) is 0 Å². The molecule has 5 heteroatoms. The second-order valence-corrected chi connectivity index (χ2v) is 3.73. The topological polar surface area (TPSA) is 75.9 Å². The lowest BCUT2D eigenvalue weighted by Crippen LogP contribution is -2.24. The van der Waals surface area contributed by atoms with Crippen LogP contribution in [0.1, 0.15) is 27.2 Å². The molecule has 15 heavy (non-hydrogen) atoms. The van der Waals surface area contributed by atoms with Crippen LogP contribution in [0.2, 0.25) is 0 Å². The zero-order valence-corrected chi connectivity index (χ0v) is 9.49. The Bertz CT molecular complexity index is 302. The van der Waals surface area contributed by atoms with E-state index in [4.69, 9.17) is 5.84 Å². The molecule has 1 heterocycles. The number of hydrogen-bond donors (Lipinski definition) is 3. The lowest BCUT2D eigenvalue weighted by Gasteiger charge is -2.20. The van der Waals surface area contributed by atoms with E-state index in [2.05, 4.69) is 41.5 Å². The van der Waals surface area contributed by atoms with Crippen LogP contribution in [-0.4, -0.2) is 16.0 Å². The van der Waals surface area contributed by atoms with Crippen molar-refractivity contribution in [3.8, 4) is 0 Å². The van der Waals surface area contributed by atoms with Crippen molar-refractivity contribution in [2.75, 3.05) is 10.7 Å². The van der Waals surface area contributed by atoms with Crippen LogP contribution in [0, 0.1) is 5.92 Å². The van der Waals surface area contributed by atoms with Crippen molar-refractivity contribution in [1.29, 1.82) is 0 Å². The number of nitrogens with zero attached hydrogens (tertiary/aromatic N) is 2. The standard InChI is InChI=1S/C10H19N5/c1-4-7(2)8(3)13-9-5-6-12-10(14-9)15-11/h5-8H,4,11H2,1-3H3,(H2,12,13,14,15). The molecule has 2 unspecified atom stereocenters. The lowest BCUT2D eigenvalue weighted by atomic mass is 10.0. The summed E-state index contributed by atoms with van der Waals surface area (Å²) in [7, 11) is 0. The minimum absolute atomic E-state index is 0.385. The highest BCUT2D eigenvalue weighted by Crippen LogP contribution is 2.13. The number of anilines is 2. The summed E-state index contributed by atoms with van der Waals surface area (Å²) in [5, 5.41) is 3.32. The van der Waals surface area contributed by atoms with Gasteiger partial charge in [-0.3, -0.25) is 5.43 Å². The Kier molecular flexibility index (Phi) is 4.30. The first-order valence-corrected chi connectivity index (χ1v) is 5.23. The molecule has 1 rings (SSSR count). The highest BCUT2D eigenvalue weighted by atomic mass is 15.3. The van der Waals surface area contributed by atoms with Gasteiger partial charge in [-0.1, -0.05) is 20.3 Å². The molecule has 1 aromatic heterocycles. The van der Waals surface area contributed by atoms with Crippen molar-refractivity contribution in [3.63, 3.8) is 0 Å². The molecular weight excluding hydrogens is 190 g/mol. The Morgan fingerprint density at radius 1 is 1.47 bits per heavy atom. The molecule has 0 fully saturated rings. The fraction of sp³-hybridized carbons (Fsp3) is 0.600. The van der Waals surface area contributed by atoms with Gasteiger partial charge in [0.2, 0.25) is 5.95 Å². The van der Waals surface area contributed by atoms with Crippen molar-refractivity contribution in [3.05, 3.63) is 12.3 Å². The van der Waals surface area contributed by atoms with Crippen LogP contribution in [0.15, 0.2) is 12.3 Å². The number of aromatic nitrogens is 2. The summed E-state index contributed by atoms with van der Waals surface area (Å²) in [6.07, 6.45) is 2.81. The Labute approximate surface area is 90.5 Å². The molecule has 0 aliphatic heterocycles. The highest BCUT2D eigenvalue weighted by Gasteiger charge is 2.10. The van der Waals surface area contributed by atoms with Gasteiger partial charge >= 0.3 is 0 Å². The maximum atomic E-state index is 5.23. The van der Waals surface area contributed by atoms with Crippen molar-refractivity contribution >= 4 is 11.8 Å². The average molecular weight is 209 g/mol. The molecule has 0 amide bonds. The maximum absolute atomic E-state index is 5.23. The second kappa shape index (κ2) is 5.50. The van der Waals surface area contributed by atoms with Crippen molar-refractivity contribution in [2.24, 2.45) is 11.8 Å². The summed E-state index contributed by atoms with van der Waals surface area (Å²) in [6.45, 7) is 6.53. The van der Waals surface area contributed by atoms with Gasteiger partial charge in [0.25, 0.3) is 0 Å². The quantitative estimate of drug-likeness (QED) is 0.507. The number of rotatable bonds is 5. The van der Waals surface area contributed by atoms with E-state index in [9.17, 15) is 0 Å². The van der Waals surface area contributed by atoms with Gasteiger partial charge in [0.15, 0.2) is 0 Å². The average Bonchev–Trinajstić information content (AvgIpc) is 2.28. The molecule has 4 N–H and O–H groups in total. The van der Waals surface area contributed by atoms with Gasteiger partial charge in [-0.15, -0.1) is 0 Å². The van der Waals surface area contributed by atoms with Gasteiger partial charge in [-0.2, -0.15) is 4.98 Å². The Hall–Kier alpha value is -1.36. The zero-order valence-electron chi connectivity index (χ0n) is 9.49. The lowest BCUT2D eigenvalue weighted by molar-refractivity contribution is 0.493. The van der Waals surface area contributed by atoms with Gasteiger partial charge < -0.3 is 5.32 Å². The molecule has 0 saturated heterocycles. The third kappa shape index (κ3) is 3.36. The van der Waals surface area contributed by atoms with Gasteiger partial charge in [-0.05, 0) is 18.9 Å². The summed E-state index contributed by atoms with van der Waals surface area (Å²) in [5.74, 6) is 7.06. The first-order valence-electron chi connectivity index (χ1n) is 5.23. The fourth-order valence-corrected chi connectivity index (χ4v) is 1.24. The molecule has 0 spiro atoms. The third-order valence-electron chi connectivity index (χ3n) is 2.66. The summed E-state index contributed by atoms with van der Waals surface area (Å²) in [6, 6.07) is 2.22. The van der Waals surface area contributed by atoms with Crippen LogP contribution in [0.25, 0.3) is 0 Å². The minimum Gasteiger partial charge on any atom is -0.367 e. The molecule has 0 aliphatic carbocycles. The largest absolute Gasteiger partial charge is 0.367 e. The number of nitrogen functional groups attached to an aromatic ring is 1. The van der Waals surface area contributed by atoms with E-state index >= 15 is 0 Å². The number of nitrogens with one attached hydrogen (secondary N) is 2. The Balaban J connectivity index is 2.63. The molecule has 0 aromatic carbocycles. The van der Waals surface area contributed by atoms with Crippen LogP contribution in [0.5, 0.6) is 0 Å². The fourth-order valence-electron chi connectivity index (χ4n) is 1.24. The Morgan fingerprint density at radius 3 is 2.80 bits per heavy atom. The van der Waals surface area contributed by atoms with Crippen LogP contribution in [-0.2, 0) is 0 Å². The zero-order chi connectivity index (χ0) is 11.3. The van der Waals surface area contributed by atoms with Gasteiger partial charge in [0, 0.05) is 12.2 Å². The molecule has 84 valence electrons. The molecule has 2 atom stereocenters. The van der Waals surface area contributed by atoms with Crippen LogP contribution < -0.4 is 16.6 Å². The summed E-state index contributed by atoms with van der Waals surface area (Å²) in [4.78, 5) is 8.13. The first kappa shape index (κ1) is 11.7. The summed E-state index contributed by atoms with van der Waals surface area (Å²) in [5.41, 5.74) is 2.42. The van der Waals surface area contributed by atoms with E-state index in [0.29, 0.717) is 17.9 Å². The highest BCUT2D eigenvalue weighted by molar-refractivity contribution is 5.39. The Morgan fingerprint density at radius 2 is 2.20 bits per heavy atom. The van der Waals surface area contributed by atoms with Crippen molar-refractivity contribution in [2.45, 2.75) is 33.2 Å². The molecule has 0 aliphatic rings. The predicted molar refractivity (Wildman–Crippen MR) is 62.4 cm³/mol. The SMILES string of the molecule is CCC(C)C(C)Nc1ccnc(NN)n1. The molecule has 1 aromatic rings. The van der Waals surface area contributed by atoms with E-state index < -0.39 is 0 Å². The van der Waals surface area contributed by atoms with Crippen LogP contribution >= 0.6 is 0 Å². The third-order valence-corrected chi connectivity index (χ3v) is 2.66. The summed E-state index contributed by atoms with van der Waals surface area (Å²) >= 11 is 0. The van der Waals surface area contributed by atoms with Crippen molar-refractivity contribution in [1.82, 2.24) is 9.97 Å². The minimum atomic E-state index is 0.385. The van der Waals surface area contributed by atoms with Crippen molar-refractivity contribution < 1.29 is 0 Å². The van der Waals surface area contributed by atoms with Crippen LogP contribution in [0.3, 0.4) is 0 Å². The number of hydrazine groups is 1. The molecule has 0 saturated carbocycles. The van der Waals surface area contributed by atoms with Gasteiger partial charge in [0.1, 0.15) is 5.82 Å². The maximum Gasteiger partial charge on any atom is 0.239 e. The predicted octanol–water partition coefficient (Wildman–Crippen LogP) is 1.61. The second-order valence-electron chi connectivity index (χ2n) is 3.73. The summed E-state index contributed by atoms with van der Waals surface area (Å²) < 4.78 is 0. The van der Waals surface area contributed by atoms with Gasteiger partial charge in [-0.25, -0.2) is 10.8 Å². The molecule has 0 radical (unpaired) electrons. The number of nitrogens with two attached hydrogens (primary N) is 1. The number of hydrogen-bond acceptors (Lipinski definition) is 5. The molecular formula is C10H19N5. The van der Waals surface area contributed by atoms with E-state index in [-0.39, 0.29) is 0 Å². The van der Waals surface area contributed by atoms with E-state index in [1.54, 1.807) is 6.20 Å². The van der Waals surface area contributed by atoms with E-state index in [1.807, 2.05) is 6.07 Å². The smallest absolute Gasteiger partial charge is 0.239 e. The monoisotopic (exact) mass is 209 g/mol. The van der Waals surface area contributed by atoms with Gasteiger partial charge in [0.05, 0.1) is 0 Å². The first-order chi connectivity index (χ1) is 7.17.